The summed E-state index contributed by atoms with van der Waals surface area (Å²) >= 11 is 0. The van der Waals surface area contributed by atoms with Crippen molar-refractivity contribution in [3.63, 3.8) is 0 Å². The molecule has 0 aromatic heterocycles. The zero-order valence-corrected chi connectivity index (χ0v) is 8.71. The molecular weight excluding hydrogens is 222 g/mol. The number of aliphatic hydroxyl groups excluding tert-OH is 6. The van der Waals surface area contributed by atoms with Crippen molar-refractivity contribution in [3.05, 3.63) is 4.91 Å². The lowest BCUT2D eigenvalue weighted by Gasteiger charge is -2.29. The minimum atomic E-state index is -1.90. The molecule has 0 fully saturated rings. The number of nitroso groups, excluding NO2 is 1. The number of aliphatic hydroxyl groups is 6. The lowest BCUT2D eigenvalue weighted by molar-refractivity contribution is -0.142. The molecule has 0 bridgehead atoms. The van der Waals surface area contributed by atoms with Crippen LogP contribution in [-0.4, -0.2) is 73.8 Å². The minimum Gasteiger partial charge on any atom is -0.394 e. The Kier molecular flexibility index (Phi) is 6.56. The SMILES string of the molecule is CC(N=O)C(O)C(O)C(O)C(O)C(O)CO. The quantitative estimate of drug-likeness (QED) is 0.258. The highest BCUT2D eigenvalue weighted by atomic mass is 16.4. The summed E-state index contributed by atoms with van der Waals surface area (Å²) in [7, 11) is 0. The molecule has 8 heteroatoms. The molecule has 0 radical (unpaired) electrons. The molecular formula is C8H17NO7. The molecule has 0 aromatic rings. The van der Waals surface area contributed by atoms with Gasteiger partial charge >= 0.3 is 0 Å². The number of rotatable bonds is 7. The molecule has 6 unspecified atom stereocenters. The van der Waals surface area contributed by atoms with Crippen molar-refractivity contribution in [1.29, 1.82) is 0 Å². The third-order valence-corrected chi connectivity index (χ3v) is 2.29. The monoisotopic (exact) mass is 239 g/mol. The Labute approximate surface area is 91.8 Å². The van der Waals surface area contributed by atoms with Crippen LogP contribution in [0, 0.1) is 4.91 Å². The molecule has 0 spiro atoms. The second kappa shape index (κ2) is 6.84. The first-order valence-electron chi connectivity index (χ1n) is 4.70. The van der Waals surface area contributed by atoms with Gasteiger partial charge in [0, 0.05) is 0 Å². The van der Waals surface area contributed by atoms with E-state index in [1.807, 2.05) is 0 Å². The molecule has 6 atom stereocenters. The normalized spacial score (nSPS) is 22.9. The van der Waals surface area contributed by atoms with E-state index >= 15 is 0 Å². The summed E-state index contributed by atoms with van der Waals surface area (Å²) in [5.74, 6) is 0. The van der Waals surface area contributed by atoms with Crippen LogP contribution < -0.4 is 0 Å². The summed E-state index contributed by atoms with van der Waals surface area (Å²) in [6, 6.07) is -1.18. The molecule has 8 nitrogen and oxygen atoms in total. The van der Waals surface area contributed by atoms with Crippen molar-refractivity contribution in [2.75, 3.05) is 6.61 Å². The predicted molar refractivity (Wildman–Crippen MR) is 52.4 cm³/mol. The average Bonchev–Trinajstić information content (AvgIpc) is 2.32. The molecule has 0 saturated heterocycles. The molecule has 0 rings (SSSR count). The van der Waals surface area contributed by atoms with E-state index in [2.05, 4.69) is 5.18 Å². The number of nitrogens with zero attached hydrogens (tertiary/aromatic N) is 1. The highest BCUT2D eigenvalue weighted by Crippen LogP contribution is 2.12. The van der Waals surface area contributed by atoms with E-state index in [1.54, 1.807) is 0 Å². The van der Waals surface area contributed by atoms with Crippen molar-refractivity contribution in [3.8, 4) is 0 Å². The maximum Gasteiger partial charge on any atom is 0.118 e. The van der Waals surface area contributed by atoms with Crippen LogP contribution in [0.2, 0.25) is 0 Å². The lowest BCUT2D eigenvalue weighted by atomic mass is 9.96. The van der Waals surface area contributed by atoms with Gasteiger partial charge in [-0.25, -0.2) is 0 Å². The minimum absolute atomic E-state index is 0.817. The van der Waals surface area contributed by atoms with E-state index in [9.17, 15) is 25.3 Å². The molecule has 0 amide bonds. The Bertz CT molecular complexity index is 215. The van der Waals surface area contributed by atoms with E-state index in [1.165, 1.54) is 6.92 Å². The molecule has 0 aromatic carbocycles. The van der Waals surface area contributed by atoms with Crippen molar-refractivity contribution >= 4 is 0 Å². The van der Waals surface area contributed by atoms with Crippen molar-refractivity contribution in [2.24, 2.45) is 5.18 Å². The van der Waals surface area contributed by atoms with Gasteiger partial charge in [0.15, 0.2) is 0 Å². The maximum atomic E-state index is 10.1. The summed E-state index contributed by atoms with van der Waals surface area (Å²) < 4.78 is 0. The number of hydrogen-bond acceptors (Lipinski definition) is 8. The molecule has 6 N–H and O–H groups in total. The Hall–Kier alpha value is -0.640. The highest BCUT2D eigenvalue weighted by molar-refractivity contribution is 4.88. The predicted octanol–water partition coefficient (Wildman–Crippen LogP) is -3.06. The van der Waals surface area contributed by atoms with E-state index in [-0.39, 0.29) is 0 Å². The Balaban J connectivity index is 4.47. The summed E-state index contributed by atoms with van der Waals surface area (Å²) in [5, 5.41) is 57.1. The van der Waals surface area contributed by atoms with Crippen molar-refractivity contribution < 1.29 is 30.6 Å². The van der Waals surface area contributed by atoms with Gasteiger partial charge < -0.3 is 30.6 Å². The van der Waals surface area contributed by atoms with Gasteiger partial charge in [0.05, 0.1) is 6.61 Å². The first-order valence-corrected chi connectivity index (χ1v) is 4.70. The first-order chi connectivity index (χ1) is 7.36. The molecule has 0 aliphatic heterocycles. The average molecular weight is 239 g/mol. The lowest BCUT2D eigenvalue weighted by Crippen LogP contribution is -2.52. The van der Waals surface area contributed by atoms with Crippen LogP contribution >= 0.6 is 0 Å². The Morgan fingerprint density at radius 3 is 1.75 bits per heavy atom. The van der Waals surface area contributed by atoms with Crippen molar-refractivity contribution in [1.82, 2.24) is 0 Å². The number of hydrogen-bond donors (Lipinski definition) is 6. The van der Waals surface area contributed by atoms with E-state index in [4.69, 9.17) is 10.2 Å². The second-order valence-corrected chi connectivity index (χ2v) is 3.56. The van der Waals surface area contributed by atoms with Crippen LogP contribution in [0.4, 0.5) is 0 Å². The van der Waals surface area contributed by atoms with E-state index in [0.717, 1.165) is 0 Å². The maximum absolute atomic E-state index is 10.1. The smallest absolute Gasteiger partial charge is 0.118 e. The first kappa shape index (κ1) is 15.4. The van der Waals surface area contributed by atoms with Gasteiger partial charge in [-0.1, -0.05) is 5.18 Å². The fourth-order valence-corrected chi connectivity index (χ4v) is 1.09. The zero-order chi connectivity index (χ0) is 12.9. The van der Waals surface area contributed by atoms with E-state index in [0.29, 0.717) is 0 Å². The van der Waals surface area contributed by atoms with Crippen LogP contribution in [0.3, 0.4) is 0 Å². The van der Waals surface area contributed by atoms with Crippen LogP contribution in [0.15, 0.2) is 5.18 Å². The van der Waals surface area contributed by atoms with Crippen LogP contribution in [0.5, 0.6) is 0 Å². The standard InChI is InChI=1S/C8H17NO7/c1-3(9-16)5(12)7(14)8(15)6(13)4(11)2-10/h3-8,10-15H,2H2,1H3. The molecule has 0 heterocycles. The Morgan fingerprint density at radius 2 is 1.38 bits per heavy atom. The highest BCUT2D eigenvalue weighted by Gasteiger charge is 2.36. The van der Waals surface area contributed by atoms with Gasteiger partial charge in [0.25, 0.3) is 0 Å². The van der Waals surface area contributed by atoms with Crippen LogP contribution in [0.25, 0.3) is 0 Å². The third kappa shape index (κ3) is 3.74. The van der Waals surface area contributed by atoms with Crippen molar-refractivity contribution in [2.45, 2.75) is 43.5 Å². The summed E-state index contributed by atoms with van der Waals surface area (Å²) in [6.07, 6.45) is -8.93. The molecule has 0 aliphatic rings. The fraction of sp³-hybridized carbons (Fsp3) is 1.00. The topological polar surface area (TPSA) is 151 Å². The molecule has 96 valence electrons. The summed E-state index contributed by atoms with van der Waals surface area (Å²) in [5.41, 5.74) is 0. The van der Waals surface area contributed by atoms with Gasteiger partial charge in [-0.2, -0.15) is 4.91 Å². The van der Waals surface area contributed by atoms with Gasteiger partial charge in [0.1, 0.15) is 36.6 Å². The second-order valence-electron chi connectivity index (χ2n) is 3.56. The third-order valence-electron chi connectivity index (χ3n) is 2.29. The van der Waals surface area contributed by atoms with Gasteiger partial charge in [-0.3, -0.25) is 0 Å². The van der Waals surface area contributed by atoms with Crippen LogP contribution in [-0.2, 0) is 0 Å². The molecule has 0 aliphatic carbocycles. The summed E-state index contributed by atoms with van der Waals surface area (Å²) in [4.78, 5) is 10.1. The molecule has 0 saturated carbocycles. The largest absolute Gasteiger partial charge is 0.394 e. The zero-order valence-electron chi connectivity index (χ0n) is 8.71. The van der Waals surface area contributed by atoms with E-state index < -0.39 is 43.2 Å². The van der Waals surface area contributed by atoms with Gasteiger partial charge in [-0.05, 0) is 6.92 Å². The summed E-state index contributed by atoms with van der Waals surface area (Å²) in [6.45, 7) is 0.394. The Morgan fingerprint density at radius 1 is 0.938 bits per heavy atom. The fourth-order valence-electron chi connectivity index (χ4n) is 1.09. The van der Waals surface area contributed by atoms with Gasteiger partial charge in [-0.15, -0.1) is 0 Å². The van der Waals surface area contributed by atoms with Crippen LogP contribution in [0.1, 0.15) is 6.92 Å². The van der Waals surface area contributed by atoms with Gasteiger partial charge in [0.2, 0.25) is 0 Å². The molecule has 16 heavy (non-hydrogen) atoms.